The van der Waals surface area contributed by atoms with Crippen LogP contribution in [0.2, 0.25) is 0 Å². The normalized spacial score (nSPS) is 28.7. The zero-order chi connectivity index (χ0) is 13.1. The Kier molecular flexibility index (Phi) is 4.48. The van der Waals surface area contributed by atoms with E-state index in [1.165, 1.54) is 68.9 Å². The van der Waals surface area contributed by atoms with Gasteiger partial charge in [0.05, 0.1) is 0 Å². The molecule has 2 aliphatic carbocycles. The Morgan fingerprint density at radius 1 is 0.895 bits per heavy atom. The molecule has 0 bridgehead atoms. The summed E-state index contributed by atoms with van der Waals surface area (Å²) >= 11 is 6.22. The maximum atomic E-state index is 6.22. The molecule has 0 saturated heterocycles. The van der Waals surface area contributed by atoms with E-state index in [0.29, 0.717) is 11.3 Å². The minimum atomic E-state index is 0.409. The van der Waals surface area contributed by atoms with Crippen LogP contribution in [-0.2, 0) is 6.42 Å². The van der Waals surface area contributed by atoms with E-state index in [2.05, 4.69) is 24.3 Å². The van der Waals surface area contributed by atoms with E-state index in [1.807, 2.05) is 0 Å². The van der Waals surface area contributed by atoms with Gasteiger partial charge >= 0.3 is 0 Å². The summed E-state index contributed by atoms with van der Waals surface area (Å²) < 4.78 is 0. The van der Waals surface area contributed by atoms with Gasteiger partial charge in [-0.05, 0) is 48.6 Å². The van der Waals surface area contributed by atoms with Crippen molar-refractivity contribution in [3.63, 3.8) is 0 Å². The number of hydrogen-bond donors (Lipinski definition) is 0. The molecule has 2 unspecified atom stereocenters. The van der Waals surface area contributed by atoms with Crippen LogP contribution in [0.1, 0.15) is 68.4 Å². The predicted octanol–water partition coefficient (Wildman–Crippen LogP) is 5.68. The minimum absolute atomic E-state index is 0.409. The molecule has 0 amide bonds. The van der Waals surface area contributed by atoms with Gasteiger partial charge in [-0.3, -0.25) is 0 Å². The molecule has 104 valence electrons. The summed E-state index contributed by atoms with van der Waals surface area (Å²) in [4.78, 5) is 0. The van der Waals surface area contributed by atoms with E-state index < -0.39 is 0 Å². The quantitative estimate of drug-likeness (QED) is 0.623. The Morgan fingerprint density at radius 2 is 1.63 bits per heavy atom. The third kappa shape index (κ3) is 3.54. The molecule has 0 radical (unpaired) electrons. The first-order chi connectivity index (χ1) is 9.31. The van der Waals surface area contributed by atoms with Gasteiger partial charge < -0.3 is 0 Å². The van der Waals surface area contributed by atoms with E-state index in [1.54, 1.807) is 0 Å². The molecule has 2 saturated carbocycles. The molecular formula is C18H25Cl. The number of halogens is 1. The summed E-state index contributed by atoms with van der Waals surface area (Å²) in [5.41, 5.74) is 3.05. The van der Waals surface area contributed by atoms with Crippen LogP contribution in [0.25, 0.3) is 0 Å². The van der Waals surface area contributed by atoms with Gasteiger partial charge in [0.1, 0.15) is 0 Å². The van der Waals surface area contributed by atoms with E-state index in [-0.39, 0.29) is 0 Å². The van der Waals surface area contributed by atoms with Gasteiger partial charge in [0.2, 0.25) is 0 Å². The maximum absolute atomic E-state index is 6.22. The Morgan fingerprint density at radius 3 is 2.26 bits per heavy atom. The van der Waals surface area contributed by atoms with Gasteiger partial charge in [-0.2, -0.15) is 0 Å². The van der Waals surface area contributed by atoms with Crippen molar-refractivity contribution >= 4 is 11.6 Å². The Labute approximate surface area is 122 Å². The lowest BCUT2D eigenvalue weighted by Gasteiger charge is -2.21. The summed E-state index contributed by atoms with van der Waals surface area (Å²) in [7, 11) is 0. The number of rotatable bonds is 3. The fraction of sp³-hybridized carbons (Fsp3) is 0.667. The van der Waals surface area contributed by atoms with Crippen molar-refractivity contribution in [3.05, 3.63) is 35.4 Å². The van der Waals surface area contributed by atoms with Gasteiger partial charge in [-0.1, -0.05) is 56.4 Å². The lowest BCUT2D eigenvalue weighted by molar-refractivity contribution is 0.356. The molecule has 0 spiro atoms. The summed E-state index contributed by atoms with van der Waals surface area (Å²) in [6.07, 6.45) is 12.2. The fourth-order valence-corrected chi connectivity index (χ4v) is 4.22. The maximum Gasteiger partial charge on any atom is 0.0342 e. The molecular weight excluding hydrogens is 252 g/mol. The van der Waals surface area contributed by atoms with Crippen molar-refractivity contribution in [2.75, 3.05) is 0 Å². The summed E-state index contributed by atoms with van der Waals surface area (Å²) in [5, 5.41) is 0.409. The summed E-state index contributed by atoms with van der Waals surface area (Å²) in [6, 6.07) is 9.45. The second-order valence-electron chi connectivity index (χ2n) is 6.56. The van der Waals surface area contributed by atoms with Gasteiger partial charge in [0.15, 0.2) is 0 Å². The molecule has 2 fully saturated rings. The van der Waals surface area contributed by atoms with Gasteiger partial charge in [0.25, 0.3) is 0 Å². The average Bonchev–Trinajstić information content (AvgIpc) is 2.87. The Balaban J connectivity index is 1.59. The van der Waals surface area contributed by atoms with Crippen molar-refractivity contribution in [2.45, 2.75) is 69.1 Å². The van der Waals surface area contributed by atoms with Gasteiger partial charge in [-0.25, -0.2) is 0 Å². The van der Waals surface area contributed by atoms with Crippen LogP contribution in [-0.4, -0.2) is 5.38 Å². The molecule has 0 N–H and O–H groups in total. The highest BCUT2D eigenvalue weighted by Gasteiger charge is 2.24. The van der Waals surface area contributed by atoms with E-state index in [4.69, 9.17) is 11.6 Å². The summed E-state index contributed by atoms with van der Waals surface area (Å²) in [6.45, 7) is 0. The second kappa shape index (κ2) is 6.31. The molecule has 2 aliphatic rings. The monoisotopic (exact) mass is 276 g/mol. The fourth-order valence-electron chi connectivity index (χ4n) is 3.88. The number of benzene rings is 1. The molecule has 0 aromatic heterocycles. The van der Waals surface area contributed by atoms with Gasteiger partial charge in [-0.15, -0.1) is 11.6 Å². The van der Waals surface area contributed by atoms with Crippen LogP contribution in [0.3, 0.4) is 0 Å². The number of alkyl halides is 1. The third-order valence-corrected chi connectivity index (χ3v) is 5.47. The van der Waals surface area contributed by atoms with Crippen LogP contribution in [0.4, 0.5) is 0 Å². The van der Waals surface area contributed by atoms with Crippen LogP contribution < -0.4 is 0 Å². The zero-order valence-corrected chi connectivity index (χ0v) is 12.5. The second-order valence-corrected chi connectivity index (χ2v) is 7.17. The Hall–Kier alpha value is -0.490. The van der Waals surface area contributed by atoms with E-state index in [0.717, 1.165) is 5.92 Å². The third-order valence-electron chi connectivity index (χ3n) is 5.07. The molecule has 3 rings (SSSR count). The molecule has 0 aliphatic heterocycles. The van der Waals surface area contributed by atoms with Crippen LogP contribution >= 0.6 is 11.6 Å². The van der Waals surface area contributed by atoms with E-state index in [9.17, 15) is 0 Å². The first-order valence-electron chi connectivity index (χ1n) is 8.04. The highest BCUT2D eigenvalue weighted by molar-refractivity contribution is 6.20. The SMILES string of the molecule is ClC1CCC(c2ccc(CC3CCCCC3)cc2)C1. The zero-order valence-electron chi connectivity index (χ0n) is 11.8. The van der Waals surface area contributed by atoms with Crippen LogP contribution in [0, 0.1) is 5.92 Å². The lowest BCUT2D eigenvalue weighted by atomic mass is 9.84. The molecule has 0 heterocycles. The lowest BCUT2D eigenvalue weighted by Crippen LogP contribution is -2.09. The van der Waals surface area contributed by atoms with Crippen molar-refractivity contribution in [1.82, 2.24) is 0 Å². The topological polar surface area (TPSA) is 0 Å². The molecule has 1 aromatic carbocycles. The average molecular weight is 277 g/mol. The highest BCUT2D eigenvalue weighted by Crippen LogP contribution is 2.37. The largest absolute Gasteiger partial charge is 0.123 e. The van der Waals surface area contributed by atoms with Gasteiger partial charge in [0, 0.05) is 5.38 Å². The van der Waals surface area contributed by atoms with Crippen molar-refractivity contribution in [1.29, 1.82) is 0 Å². The first kappa shape index (κ1) is 13.5. The Bertz CT molecular complexity index is 389. The molecule has 19 heavy (non-hydrogen) atoms. The summed E-state index contributed by atoms with van der Waals surface area (Å²) in [5.74, 6) is 1.66. The van der Waals surface area contributed by atoms with Crippen LogP contribution in [0.5, 0.6) is 0 Å². The molecule has 1 aromatic rings. The minimum Gasteiger partial charge on any atom is -0.123 e. The van der Waals surface area contributed by atoms with Crippen molar-refractivity contribution < 1.29 is 0 Å². The first-order valence-corrected chi connectivity index (χ1v) is 8.48. The standard InChI is InChI=1S/C18H25Cl/c19-18-11-10-17(13-18)16-8-6-15(7-9-16)12-14-4-2-1-3-5-14/h6-9,14,17-18H,1-5,10-13H2. The van der Waals surface area contributed by atoms with Crippen LogP contribution in [0.15, 0.2) is 24.3 Å². The van der Waals surface area contributed by atoms with Crippen molar-refractivity contribution in [3.8, 4) is 0 Å². The van der Waals surface area contributed by atoms with E-state index >= 15 is 0 Å². The highest BCUT2D eigenvalue weighted by atomic mass is 35.5. The number of hydrogen-bond acceptors (Lipinski definition) is 0. The van der Waals surface area contributed by atoms with Crippen molar-refractivity contribution in [2.24, 2.45) is 5.92 Å². The molecule has 2 atom stereocenters. The molecule has 0 nitrogen and oxygen atoms in total. The smallest absolute Gasteiger partial charge is 0.0342 e. The predicted molar refractivity (Wildman–Crippen MR) is 83.0 cm³/mol. The molecule has 1 heteroatoms.